The number of rotatable bonds is 7. The smallest absolute Gasteiger partial charge is 0.315 e. The largest absolute Gasteiger partial charge is 0.354 e. The molecule has 1 saturated carbocycles. The molecule has 3 N–H and O–H groups in total. The highest BCUT2D eigenvalue weighted by atomic mass is 16.2. The van der Waals surface area contributed by atoms with Crippen LogP contribution >= 0.6 is 0 Å². The lowest BCUT2D eigenvalue weighted by atomic mass is 10.0. The third kappa shape index (κ3) is 6.78. The van der Waals surface area contributed by atoms with Gasteiger partial charge in [-0.1, -0.05) is 26.7 Å². The second-order valence-electron chi connectivity index (χ2n) is 6.14. The second kappa shape index (κ2) is 8.82. The molecule has 5 nitrogen and oxygen atoms in total. The highest BCUT2D eigenvalue weighted by Crippen LogP contribution is 2.27. The lowest BCUT2D eigenvalue weighted by molar-refractivity contribution is -0.121. The van der Waals surface area contributed by atoms with Gasteiger partial charge >= 0.3 is 6.03 Å². The number of nitrogens with one attached hydrogen (secondary N) is 3. The standard InChI is InChI=1S/C15H29N3O2/c1-11(2)12(3)18-15(20)17-9-8-16-14(19)10-13-6-4-5-7-13/h11-13H,4-10H2,1-3H3,(H,16,19)(H2,17,18,20). The van der Waals surface area contributed by atoms with Crippen LogP contribution in [0.4, 0.5) is 4.79 Å². The minimum atomic E-state index is -0.170. The van der Waals surface area contributed by atoms with E-state index in [4.69, 9.17) is 0 Å². The summed E-state index contributed by atoms with van der Waals surface area (Å²) >= 11 is 0. The van der Waals surface area contributed by atoms with Crippen molar-refractivity contribution in [1.29, 1.82) is 0 Å². The first-order valence-electron chi connectivity index (χ1n) is 7.80. The van der Waals surface area contributed by atoms with E-state index in [0.717, 1.165) is 0 Å². The molecule has 20 heavy (non-hydrogen) atoms. The number of carbonyl (C=O) groups is 2. The fraction of sp³-hybridized carbons (Fsp3) is 0.867. The Morgan fingerprint density at radius 3 is 2.25 bits per heavy atom. The van der Waals surface area contributed by atoms with Crippen LogP contribution in [0.5, 0.6) is 0 Å². The number of hydrogen-bond donors (Lipinski definition) is 3. The number of urea groups is 1. The third-order valence-corrected chi connectivity index (χ3v) is 4.04. The van der Waals surface area contributed by atoms with E-state index in [9.17, 15) is 9.59 Å². The number of hydrogen-bond acceptors (Lipinski definition) is 2. The minimum absolute atomic E-state index is 0.106. The van der Waals surface area contributed by atoms with Crippen LogP contribution in [0.25, 0.3) is 0 Å². The maximum Gasteiger partial charge on any atom is 0.315 e. The molecular weight excluding hydrogens is 254 g/mol. The van der Waals surface area contributed by atoms with Crippen LogP contribution in [0, 0.1) is 11.8 Å². The van der Waals surface area contributed by atoms with Crippen molar-refractivity contribution in [3.63, 3.8) is 0 Å². The third-order valence-electron chi connectivity index (χ3n) is 4.04. The van der Waals surface area contributed by atoms with Crippen molar-refractivity contribution < 1.29 is 9.59 Å². The molecule has 3 amide bonds. The van der Waals surface area contributed by atoms with Crippen LogP contribution in [0.1, 0.15) is 52.9 Å². The predicted octanol–water partition coefficient (Wildman–Crippen LogP) is 2.03. The van der Waals surface area contributed by atoms with Crippen LogP contribution < -0.4 is 16.0 Å². The summed E-state index contributed by atoms with van der Waals surface area (Å²) in [5.74, 6) is 1.08. The summed E-state index contributed by atoms with van der Waals surface area (Å²) in [5.41, 5.74) is 0. The van der Waals surface area contributed by atoms with Gasteiger partial charge in [0, 0.05) is 25.6 Å². The summed E-state index contributed by atoms with van der Waals surface area (Å²) < 4.78 is 0. The lowest BCUT2D eigenvalue weighted by Crippen LogP contribution is -2.45. The zero-order chi connectivity index (χ0) is 15.0. The van der Waals surface area contributed by atoms with E-state index in [2.05, 4.69) is 29.8 Å². The van der Waals surface area contributed by atoms with Crippen molar-refractivity contribution in [3.05, 3.63) is 0 Å². The minimum Gasteiger partial charge on any atom is -0.354 e. The molecule has 116 valence electrons. The Balaban J connectivity index is 2.03. The molecule has 0 aromatic heterocycles. The number of carbonyl (C=O) groups excluding carboxylic acids is 2. The summed E-state index contributed by atoms with van der Waals surface area (Å²) in [6.07, 6.45) is 5.51. The molecule has 1 aliphatic rings. The van der Waals surface area contributed by atoms with E-state index in [0.29, 0.717) is 31.3 Å². The molecule has 1 atom stereocenters. The molecule has 0 aromatic rings. The molecule has 1 aliphatic carbocycles. The van der Waals surface area contributed by atoms with Crippen LogP contribution in [0.3, 0.4) is 0 Å². The molecule has 0 aromatic carbocycles. The molecule has 0 radical (unpaired) electrons. The van der Waals surface area contributed by atoms with Gasteiger partial charge in [-0.3, -0.25) is 4.79 Å². The number of amides is 3. The first-order valence-corrected chi connectivity index (χ1v) is 7.80. The topological polar surface area (TPSA) is 70.2 Å². The van der Waals surface area contributed by atoms with Crippen LogP contribution in [0.2, 0.25) is 0 Å². The zero-order valence-electron chi connectivity index (χ0n) is 13.0. The van der Waals surface area contributed by atoms with E-state index in [1.165, 1.54) is 25.7 Å². The highest BCUT2D eigenvalue weighted by molar-refractivity contribution is 5.76. The van der Waals surface area contributed by atoms with E-state index in [1.807, 2.05) is 6.92 Å². The van der Waals surface area contributed by atoms with Gasteiger partial charge in [0.2, 0.25) is 5.91 Å². The van der Waals surface area contributed by atoms with E-state index in [1.54, 1.807) is 0 Å². The monoisotopic (exact) mass is 283 g/mol. The van der Waals surface area contributed by atoms with Gasteiger partial charge in [0.1, 0.15) is 0 Å². The molecule has 1 fully saturated rings. The van der Waals surface area contributed by atoms with E-state index >= 15 is 0 Å². The van der Waals surface area contributed by atoms with E-state index < -0.39 is 0 Å². The second-order valence-corrected chi connectivity index (χ2v) is 6.14. The van der Waals surface area contributed by atoms with Crippen LogP contribution in [-0.4, -0.2) is 31.1 Å². The first-order chi connectivity index (χ1) is 9.49. The predicted molar refractivity (Wildman–Crippen MR) is 80.4 cm³/mol. The summed E-state index contributed by atoms with van der Waals surface area (Å²) in [6.45, 7) is 7.07. The summed E-state index contributed by atoms with van der Waals surface area (Å²) in [5, 5.41) is 8.48. The summed E-state index contributed by atoms with van der Waals surface area (Å²) in [7, 11) is 0. The zero-order valence-corrected chi connectivity index (χ0v) is 13.0. The van der Waals surface area contributed by atoms with Crippen LogP contribution in [-0.2, 0) is 4.79 Å². The Bertz CT molecular complexity index is 294. The fourth-order valence-corrected chi connectivity index (χ4v) is 2.35. The maximum atomic E-state index is 11.7. The lowest BCUT2D eigenvalue weighted by Gasteiger charge is -2.18. The molecular formula is C15H29N3O2. The van der Waals surface area contributed by atoms with Gasteiger partial charge in [0.15, 0.2) is 0 Å². The Kier molecular flexibility index (Phi) is 7.41. The summed E-state index contributed by atoms with van der Waals surface area (Å²) in [4.78, 5) is 23.2. The highest BCUT2D eigenvalue weighted by Gasteiger charge is 2.18. The molecule has 0 spiro atoms. The van der Waals surface area contributed by atoms with Crippen molar-refractivity contribution in [2.45, 2.75) is 58.9 Å². The van der Waals surface area contributed by atoms with E-state index in [-0.39, 0.29) is 18.0 Å². The van der Waals surface area contributed by atoms with Crippen molar-refractivity contribution in [2.75, 3.05) is 13.1 Å². The van der Waals surface area contributed by atoms with Gasteiger partial charge in [-0.05, 0) is 31.6 Å². The van der Waals surface area contributed by atoms with Gasteiger partial charge in [-0.2, -0.15) is 0 Å². The normalized spacial score (nSPS) is 17.0. The SMILES string of the molecule is CC(C)C(C)NC(=O)NCCNC(=O)CC1CCCC1. The Labute approximate surface area is 122 Å². The van der Waals surface area contributed by atoms with Gasteiger partial charge in [-0.25, -0.2) is 4.79 Å². The summed E-state index contributed by atoms with van der Waals surface area (Å²) in [6, 6.07) is -0.0248. The fourth-order valence-electron chi connectivity index (χ4n) is 2.35. The molecule has 0 heterocycles. The average molecular weight is 283 g/mol. The Morgan fingerprint density at radius 1 is 1.05 bits per heavy atom. The van der Waals surface area contributed by atoms with Gasteiger partial charge in [0.05, 0.1) is 0 Å². The molecule has 5 heteroatoms. The molecule has 1 unspecified atom stereocenters. The van der Waals surface area contributed by atoms with Gasteiger partial charge in [0.25, 0.3) is 0 Å². The maximum absolute atomic E-state index is 11.7. The molecule has 0 aliphatic heterocycles. The average Bonchev–Trinajstić information content (AvgIpc) is 2.87. The molecule has 0 saturated heterocycles. The first kappa shape index (κ1) is 16.8. The van der Waals surface area contributed by atoms with Gasteiger partial charge < -0.3 is 16.0 Å². The van der Waals surface area contributed by atoms with Crippen molar-refractivity contribution in [2.24, 2.45) is 11.8 Å². The Hall–Kier alpha value is -1.26. The van der Waals surface area contributed by atoms with Crippen molar-refractivity contribution in [3.8, 4) is 0 Å². The molecule has 1 rings (SSSR count). The Morgan fingerprint density at radius 2 is 1.65 bits per heavy atom. The van der Waals surface area contributed by atoms with Crippen molar-refractivity contribution in [1.82, 2.24) is 16.0 Å². The van der Waals surface area contributed by atoms with Crippen molar-refractivity contribution >= 4 is 11.9 Å². The molecule has 0 bridgehead atoms. The van der Waals surface area contributed by atoms with Gasteiger partial charge in [-0.15, -0.1) is 0 Å². The quantitative estimate of drug-likeness (QED) is 0.626. The van der Waals surface area contributed by atoms with Crippen LogP contribution in [0.15, 0.2) is 0 Å².